The zero-order valence-corrected chi connectivity index (χ0v) is 13.4. The van der Waals surface area contributed by atoms with Gasteiger partial charge in [0.15, 0.2) is 0 Å². The smallest absolute Gasteiger partial charge is 0.125 e. The van der Waals surface area contributed by atoms with Gasteiger partial charge in [0.1, 0.15) is 11.6 Å². The Labute approximate surface area is 126 Å². The summed E-state index contributed by atoms with van der Waals surface area (Å²) in [7, 11) is 0. The summed E-state index contributed by atoms with van der Waals surface area (Å²) in [4.78, 5) is 4.74. The van der Waals surface area contributed by atoms with Crippen LogP contribution in [0.2, 0.25) is 0 Å². The molecule has 0 bridgehead atoms. The fourth-order valence-corrected chi connectivity index (χ4v) is 2.85. The van der Waals surface area contributed by atoms with Crippen molar-refractivity contribution in [3.63, 3.8) is 0 Å². The Morgan fingerprint density at radius 1 is 1.19 bits per heavy atom. The Bertz CT molecular complexity index is 601. The third kappa shape index (κ3) is 3.62. The zero-order valence-electron chi connectivity index (χ0n) is 13.4. The molecule has 116 valence electrons. The second-order valence-electron chi connectivity index (χ2n) is 6.38. The highest BCUT2D eigenvalue weighted by Gasteiger charge is 2.18. The third-order valence-corrected chi connectivity index (χ3v) is 3.93. The first-order valence-electron chi connectivity index (χ1n) is 7.83. The molecule has 1 aromatic carbocycles. The van der Waals surface area contributed by atoms with Crippen molar-refractivity contribution in [3.8, 4) is 0 Å². The summed E-state index contributed by atoms with van der Waals surface area (Å²) in [6.45, 7) is 8.46. The third-order valence-electron chi connectivity index (χ3n) is 3.93. The lowest BCUT2D eigenvalue weighted by molar-refractivity contribution is 0.503. The maximum atomic E-state index is 13.5. The van der Waals surface area contributed by atoms with E-state index in [1.807, 2.05) is 6.92 Å². The number of hydrogen-bond acceptors (Lipinski definition) is 2. The molecule has 2 atom stereocenters. The standard InChI is InChI=1S/C17H26FN3/c1-11(2)21-16-10-14(18)8-9-15(16)20-17(21)12(3)6-5-7-13(4)19/h8-13H,5-7,19H2,1-4H3. The molecule has 0 fully saturated rings. The molecule has 0 aliphatic carbocycles. The average molecular weight is 291 g/mol. The van der Waals surface area contributed by atoms with E-state index < -0.39 is 0 Å². The summed E-state index contributed by atoms with van der Waals surface area (Å²) in [5.41, 5.74) is 7.57. The summed E-state index contributed by atoms with van der Waals surface area (Å²) < 4.78 is 15.7. The first-order chi connectivity index (χ1) is 9.90. The number of hydrogen-bond donors (Lipinski definition) is 1. The van der Waals surface area contributed by atoms with Crippen LogP contribution in [0.25, 0.3) is 11.0 Å². The van der Waals surface area contributed by atoms with Gasteiger partial charge in [0.2, 0.25) is 0 Å². The molecule has 1 heterocycles. The Hall–Kier alpha value is -1.42. The van der Waals surface area contributed by atoms with E-state index in [0.717, 1.165) is 36.1 Å². The van der Waals surface area contributed by atoms with Gasteiger partial charge in [0.25, 0.3) is 0 Å². The molecule has 4 heteroatoms. The number of imidazole rings is 1. The topological polar surface area (TPSA) is 43.8 Å². The largest absolute Gasteiger partial charge is 0.328 e. The quantitative estimate of drug-likeness (QED) is 0.858. The molecule has 2 rings (SSSR count). The Morgan fingerprint density at radius 3 is 2.52 bits per heavy atom. The van der Waals surface area contributed by atoms with Gasteiger partial charge in [-0.1, -0.05) is 13.3 Å². The number of nitrogens with zero attached hydrogens (tertiary/aromatic N) is 2. The SMILES string of the molecule is CC(N)CCCC(C)c1nc2ccc(F)cc2n1C(C)C. The highest BCUT2D eigenvalue weighted by molar-refractivity contribution is 5.76. The van der Waals surface area contributed by atoms with E-state index in [9.17, 15) is 4.39 Å². The molecule has 1 aromatic heterocycles. The summed E-state index contributed by atoms with van der Waals surface area (Å²) in [5.74, 6) is 1.19. The second-order valence-corrected chi connectivity index (χ2v) is 6.38. The lowest BCUT2D eigenvalue weighted by Gasteiger charge is -2.18. The summed E-state index contributed by atoms with van der Waals surface area (Å²) in [5, 5.41) is 0. The molecule has 2 aromatic rings. The number of nitrogens with two attached hydrogens (primary N) is 1. The fraction of sp³-hybridized carbons (Fsp3) is 0.588. The number of benzene rings is 1. The molecular formula is C17H26FN3. The van der Waals surface area contributed by atoms with Crippen LogP contribution in [0.1, 0.15) is 64.7 Å². The van der Waals surface area contributed by atoms with Gasteiger partial charge in [-0.05, 0) is 51.8 Å². The molecular weight excluding hydrogens is 265 g/mol. The summed E-state index contributed by atoms with van der Waals surface area (Å²) >= 11 is 0. The minimum absolute atomic E-state index is 0.208. The van der Waals surface area contributed by atoms with Gasteiger partial charge >= 0.3 is 0 Å². The molecule has 0 amide bonds. The van der Waals surface area contributed by atoms with Crippen molar-refractivity contribution in [2.45, 2.75) is 65.0 Å². The highest BCUT2D eigenvalue weighted by Crippen LogP contribution is 2.29. The van der Waals surface area contributed by atoms with Crippen LogP contribution in [0.5, 0.6) is 0 Å². The maximum Gasteiger partial charge on any atom is 0.125 e. The molecule has 2 N–H and O–H groups in total. The van der Waals surface area contributed by atoms with E-state index >= 15 is 0 Å². The highest BCUT2D eigenvalue weighted by atomic mass is 19.1. The van der Waals surface area contributed by atoms with Crippen molar-refractivity contribution < 1.29 is 4.39 Å². The second kappa shape index (κ2) is 6.56. The monoisotopic (exact) mass is 291 g/mol. The molecule has 0 aliphatic rings. The van der Waals surface area contributed by atoms with Crippen molar-refractivity contribution in [2.24, 2.45) is 5.73 Å². The van der Waals surface area contributed by atoms with Crippen LogP contribution in [-0.2, 0) is 0 Å². The van der Waals surface area contributed by atoms with Crippen LogP contribution in [0, 0.1) is 5.82 Å². The van der Waals surface area contributed by atoms with Crippen molar-refractivity contribution in [1.29, 1.82) is 0 Å². The van der Waals surface area contributed by atoms with E-state index in [-0.39, 0.29) is 17.9 Å². The van der Waals surface area contributed by atoms with Crippen molar-refractivity contribution in [3.05, 3.63) is 29.8 Å². The van der Waals surface area contributed by atoms with Crippen molar-refractivity contribution in [1.82, 2.24) is 9.55 Å². The van der Waals surface area contributed by atoms with E-state index in [1.54, 1.807) is 12.1 Å². The van der Waals surface area contributed by atoms with Crippen LogP contribution in [-0.4, -0.2) is 15.6 Å². The maximum absolute atomic E-state index is 13.5. The van der Waals surface area contributed by atoms with E-state index in [2.05, 4.69) is 25.3 Å². The summed E-state index contributed by atoms with van der Waals surface area (Å²) in [6.07, 6.45) is 3.18. The zero-order chi connectivity index (χ0) is 15.6. The number of aromatic nitrogens is 2. The minimum Gasteiger partial charge on any atom is -0.328 e. The molecule has 0 saturated heterocycles. The predicted octanol–water partition coefficient (Wildman–Crippen LogP) is 4.38. The van der Waals surface area contributed by atoms with Gasteiger partial charge in [0, 0.05) is 18.0 Å². The van der Waals surface area contributed by atoms with Crippen molar-refractivity contribution >= 4 is 11.0 Å². The Morgan fingerprint density at radius 2 is 1.90 bits per heavy atom. The molecule has 0 saturated carbocycles. The summed E-state index contributed by atoms with van der Waals surface area (Å²) in [6, 6.07) is 5.34. The Balaban J connectivity index is 2.31. The molecule has 21 heavy (non-hydrogen) atoms. The van der Waals surface area contributed by atoms with Gasteiger partial charge in [-0.2, -0.15) is 0 Å². The molecule has 0 spiro atoms. The van der Waals surface area contributed by atoms with Crippen molar-refractivity contribution in [2.75, 3.05) is 0 Å². The first kappa shape index (κ1) is 16.0. The van der Waals surface area contributed by atoms with Crippen LogP contribution in [0.3, 0.4) is 0 Å². The predicted molar refractivity (Wildman–Crippen MR) is 86.0 cm³/mol. The van der Waals surface area contributed by atoms with E-state index in [0.29, 0.717) is 5.92 Å². The van der Waals surface area contributed by atoms with Crippen LogP contribution >= 0.6 is 0 Å². The Kier molecular flexibility index (Phi) is 4.99. The average Bonchev–Trinajstić information content (AvgIpc) is 2.76. The molecule has 3 nitrogen and oxygen atoms in total. The first-order valence-corrected chi connectivity index (χ1v) is 7.83. The molecule has 0 aliphatic heterocycles. The normalized spacial score (nSPS) is 14.8. The number of halogens is 1. The lowest BCUT2D eigenvalue weighted by Crippen LogP contribution is -2.15. The molecule has 2 unspecified atom stereocenters. The number of fused-ring (bicyclic) bond motifs is 1. The van der Waals surface area contributed by atoms with E-state index in [4.69, 9.17) is 10.7 Å². The van der Waals surface area contributed by atoms with Crippen LogP contribution in [0.4, 0.5) is 4.39 Å². The molecule has 0 radical (unpaired) electrons. The van der Waals surface area contributed by atoms with Gasteiger partial charge in [0.05, 0.1) is 11.0 Å². The number of rotatable bonds is 6. The van der Waals surface area contributed by atoms with Crippen LogP contribution < -0.4 is 5.73 Å². The van der Waals surface area contributed by atoms with Gasteiger partial charge < -0.3 is 10.3 Å². The van der Waals surface area contributed by atoms with Gasteiger partial charge in [-0.15, -0.1) is 0 Å². The van der Waals surface area contributed by atoms with Gasteiger partial charge in [-0.25, -0.2) is 9.37 Å². The lowest BCUT2D eigenvalue weighted by atomic mass is 10.0. The van der Waals surface area contributed by atoms with Crippen LogP contribution in [0.15, 0.2) is 18.2 Å². The fourth-order valence-electron chi connectivity index (χ4n) is 2.85. The van der Waals surface area contributed by atoms with Gasteiger partial charge in [-0.3, -0.25) is 0 Å². The minimum atomic E-state index is -0.208. The van der Waals surface area contributed by atoms with E-state index in [1.165, 1.54) is 6.07 Å².